The van der Waals surface area contributed by atoms with Gasteiger partial charge in [0.1, 0.15) is 6.10 Å². The van der Waals surface area contributed by atoms with Crippen molar-refractivity contribution in [3.63, 3.8) is 0 Å². The number of ether oxygens (including phenoxy) is 1. The Balaban J connectivity index is 2.06. The first-order valence-corrected chi connectivity index (χ1v) is 7.38. The van der Waals surface area contributed by atoms with E-state index in [9.17, 15) is 4.79 Å². The molecule has 0 N–H and O–H groups in total. The fourth-order valence-corrected chi connectivity index (χ4v) is 2.62. The number of halogens is 1. The summed E-state index contributed by atoms with van der Waals surface area (Å²) in [6.45, 7) is 8.05. The number of morpholine rings is 1. The van der Waals surface area contributed by atoms with Crippen LogP contribution in [0, 0.1) is 5.41 Å². The van der Waals surface area contributed by atoms with Crippen LogP contribution in [0.3, 0.4) is 0 Å². The minimum atomic E-state index is -0.124. The summed E-state index contributed by atoms with van der Waals surface area (Å²) in [5.41, 5.74) is 0.970. The maximum absolute atomic E-state index is 12.3. The molecule has 0 saturated carbocycles. The third kappa shape index (κ3) is 3.97. The summed E-state index contributed by atoms with van der Waals surface area (Å²) in [4.78, 5) is 14.2. The van der Waals surface area contributed by atoms with Gasteiger partial charge in [0, 0.05) is 23.6 Å². The van der Waals surface area contributed by atoms with E-state index in [1.165, 1.54) is 0 Å². The standard InChI is InChI=1S/C16H22ClNO2/c1-16(2,3)10-15(19)18-8-9-20-14(11-18)12-6-4-5-7-13(12)17/h4-7,14H,8-11H2,1-3H3. The van der Waals surface area contributed by atoms with E-state index in [1.807, 2.05) is 29.2 Å². The number of carbonyl (C=O) groups is 1. The Hall–Kier alpha value is -1.06. The molecular weight excluding hydrogens is 274 g/mol. The van der Waals surface area contributed by atoms with Crippen molar-refractivity contribution in [1.29, 1.82) is 0 Å². The molecular formula is C16H22ClNO2. The second kappa shape index (κ2) is 6.15. The molecule has 20 heavy (non-hydrogen) atoms. The van der Waals surface area contributed by atoms with Crippen LogP contribution in [-0.4, -0.2) is 30.5 Å². The Morgan fingerprint density at radius 1 is 1.40 bits per heavy atom. The lowest BCUT2D eigenvalue weighted by atomic mass is 9.91. The molecule has 0 aliphatic carbocycles. The molecule has 2 rings (SSSR count). The third-order valence-corrected chi connectivity index (χ3v) is 3.70. The topological polar surface area (TPSA) is 29.5 Å². The summed E-state index contributed by atoms with van der Waals surface area (Å²) < 4.78 is 5.78. The number of hydrogen-bond donors (Lipinski definition) is 0. The van der Waals surface area contributed by atoms with E-state index < -0.39 is 0 Å². The molecule has 0 aromatic heterocycles. The van der Waals surface area contributed by atoms with Gasteiger partial charge in [0.05, 0.1) is 13.2 Å². The van der Waals surface area contributed by atoms with E-state index in [0.29, 0.717) is 31.1 Å². The predicted octanol–water partition coefficient (Wildman–Crippen LogP) is 3.68. The van der Waals surface area contributed by atoms with E-state index >= 15 is 0 Å². The second-order valence-electron chi connectivity index (χ2n) is 6.46. The van der Waals surface area contributed by atoms with Crippen LogP contribution in [0.4, 0.5) is 0 Å². The highest BCUT2D eigenvalue weighted by atomic mass is 35.5. The lowest BCUT2D eigenvalue weighted by Gasteiger charge is -2.35. The zero-order valence-electron chi connectivity index (χ0n) is 12.4. The number of amides is 1. The first kappa shape index (κ1) is 15.3. The molecule has 110 valence electrons. The second-order valence-corrected chi connectivity index (χ2v) is 6.87. The van der Waals surface area contributed by atoms with Crippen LogP contribution in [0.5, 0.6) is 0 Å². The fourth-order valence-electron chi connectivity index (χ4n) is 2.37. The SMILES string of the molecule is CC(C)(C)CC(=O)N1CCOC(c2ccccc2Cl)C1. The minimum Gasteiger partial charge on any atom is -0.370 e. The first-order valence-electron chi connectivity index (χ1n) is 7.00. The summed E-state index contributed by atoms with van der Waals surface area (Å²) in [5.74, 6) is 0.192. The molecule has 0 radical (unpaired) electrons. The Kier molecular flexibility index (Phi) is 4.71. The Labute approximate surface area is 125 Å². The number of nitrogens with zero attached hydrogens (tertiary/aromatic N) is 1. The summed E-state index contributed by atoms with van der Waals surface area (Å²) in [6.07, 6.45) is 0.434. The normalized spacial score (nSPS) is 20.0. The van der Waals surface area contributed by atoms with Crippen LogP contribution in [0.2, 0.25) is 5.02 Å². The Morgan fingerprint density at radius 2 is 2.10 bits per heavy atom. The highest BCUT2D eigenvalue weighted by Gasteiger charge is 2.28. The molecule has 3 nitrogen and oxygen atoms in total. The maximum atomic E-state index is 12.3. The van der Waals surface area contributed by atoms with Gasteiger partial charge in [-0.2, -0.15) is 0 Å². The monoisotopic (exact) mass is 295 g/mol. The molecule has 1 aromatic carbocycles. The van der Waals surface area contributed by atoms with E-state index in [4.69, 9.17) is 16.3 Å². The van der Waals surface area contributed by atoms with E-state index in [2.05, 4.69) is 20.8 Å². The van der Waals surface area contributed by atoms with Crippen molar-refractivity contribution in [2.75, 3.05) is 19.7 Å². The van der Waals surface area contributed by atoms with Gasteiger partial charge in [-0.1, -0.05) is 50.6 Å². The van der Waals surface area contributed by atoms with Gasteiger partial charge < -0.3 is 9.64 Å². The first-order chi connectivity index (χ1) is 9.37. The lowest BCUT2D eigenvalue weighted by molar-refractivity contribution is -0.140. The number of carbonyl (C=O) groups excluding carboxylic acids is 1. The van der Waals surface area contributed by atoms with Gasteiger partial charge in [-0.05, 0) is 11.5 Å². The Bertz CT molecular complexity index is 482. The van der Waals surface area contributed by atoms with Crippen molar-refractivity contribution in [3.8, 4) is 0 Å². The van der Waals surface area contributed by atoms with Gasteiger partial charge in [-0.25, -0.2) is 0 Å². The van der Waals surface area contributed by atoms with Crippen LogP contribution in [0.1, 0.15) is 38.9 Å². The maximum Gasteiger partial charge on any atom is 0.223 e. The number of hydrogen-bond acceptors (Lipinski definition) is 2. The number of benzene rings is 1. The van der Waals surface area contributed by atoms with Gasteiger partial charge >= 0.3 is 0 Å². The molecule has 1 atom stereocenters. The van der Waals surface area contributed by atoms with Gasteiger partial charge in [-0.3, -0.25) is 4.79 Å². The van der Waals surface area contributed by atoms with E-state index in [1.54, 1.807) is 0 Å². The molecule has 1 fully saturated rings. The molecule has 1 saturated heterocycles. The van der Waals surface area contributed by atoms with Crippen LogP contribution in [-0.2, 0) is 9.53 Å². The van der Waals surface area contributed by atoms with Crippen molar-refractivity contribution in [3.05, 3.63) is 34.9 Å². The zero-order valence-corrected chi connectivity index (χ0v) is 13.1. The van der Waals surface area contributed by atoms with Crippen LogP contribution >= 0.6 is 11.6 Å². The van der Waals surface area contributed by atoms with Crippen molar-refractivity contribution < 1.29 is 9.53 Å². The van der Waals surface area contributed by atoms with Crippen molar-refractivity contribution in [2.24, 2.45) is 5.41 Å². The van der Waals surface area contributed by atoms with E-state index in [-0.39, 0.29) is 17.4 Å². The van der Waals surface area contributed by atoms with E-state index in [0.717, 1.165) is 5.56 Å². The predicted molar refractivity (Wildman–Crippen MR) is 80.8 cm³/mol. The van der Waals surface area contributed by atoms with Crippen LogP contribution in [0.15, 0.2) is 24.3 Å². The smallest absolute Gasteiger partial charge is 0.223 e. The van der Waals surface area contributed by atoms with Crippen LogP contribution < -0.4 is 0 Å². The average Bonchev–Trinajstić information content (AvgIpc) is 2.37. The van der Waals surface area contributed by atoms with Gasteiger partial charge in [-0.15, -0.1) is 0 Å². The largest absolute Gasteiger partial charge is 0.370 e. The molecule has 0 spiro atoms. The molecule has 4 heteroatoms. The average molecular weight is 296 g/mol. The quantitative estimate of drug-likeness (QED) is 0.833. The van der Waals surface area contributed by atoms with Crippen molar-refractivity contribution in [2.45, 2.75) is 33.3 Å². The molecule has 1 aliphatic rings. The van der Waals surface area contributed by atoms with Crippen molar-refractivity contribution >= 4 is 17.5 Å². The highest BCUT2D eigenvalue weighted by Crippen LogP contribution is 2.29. The summed E-state index contributed by atoms with van der Waals surface area (Å²) in [6, 6.07) is 7.67. The van der Waals surface area contributed by atoms with Gasteiger partial charge in [0.2, 0.25) is 5.91 Å². The molecule has 1 amide bonds. The molecule has 1 aliphatic heterocycles. The molecule has 1 unspecified atom stereocenters. The molecule has 1 aromatic rings. The van der Waals surface area contributed by atoms with Crippen LogP contribution in [0.25, 0.3) is 0 Å². The molecule has 0 bridgehead atoms. The summed E-state index contributed by atoms with van der Waals surface area (Å²) >= 11 is 6.21. The highest BCUT2D eigenvalue weighted by molar-refractivity contribution is 6.31. The minimum absolute atomic E-state index is 0.00920. The van der Waals surface area contributed by atoms with Gasteiger partial charge in [0.15, 0.2) is 0 Å². The third-order valence-electron chi connectivity index (χ3n) is 3.35. The lowest BCUT2D eigenvalue weighted by Crippen LogP contribution is -2.43. The summed E-state index contributed by atoms with van der Waals surface area (Å²) in [7, 11) is 0. The zero-order chi connectivity index (χ0) is 14.8. The number of rotatable bonds is 2. The van der Waals surface area contributed by atoms with Crippen molar-refractivity contribution in [1.82, 2.24) is 4.90 Å². The summed E-state index contributed by atoms with van der Waals surface area (Å²) in [5, 5.41) is 0.697. The van der Waals surface area contributed by atoms with Gasteiger partial charge in [0.25, 0.3) is 0 Å². The molecule has 1 heterocycles. The Morgan fingerprint density at radius 3 is 2.75 bits per heavy atom. The fraction of sp³-hybridized carbons (Fsp3) is 0.562.